The van der Waals surface area contributed by atoms with E-state index in [1.807, 2.05) is 25.1 Å². The maximum atomic E-state index is 12.1. The van der Waals surface area contributed by atoms with Crippen molar-refractivity contribution in [3.05, 3.63) is 52.8 Å². The van der Waals surface area contributed by atoms with Crippen LogP contribution in [0.25, 0.3) is 0 Å². The quantitative estimate of drug-likeness (QED) is 0.780. The van der Waals surface area contributed by atoms with Crippen molar-refractivity contribution in [3.8, 4) is 0 Å². The molecule has 2 aromatic rings. The number of aromatic nitrogens is 2. The molecule has 2 rings (SSSR count). The van der Waals surface area contributed by atoms with Crippen molar-refractivity contribution in [2.75, 3.05) is 6.54 Å². The third-order valence-corrected chi connectivity index (χ3v) is 3.73. The lowest BCUT2D eigenvalue weighted by Gasteiger charge is -2.12. The molecule has 0 aliphatic carbocycles. The van der Waals surface area contributed by atoms with Crippen LogP contribution < -0.4 is 5.32 Å². The molecule has 0 bridgehead atoms. The number of nitrogens with one attached hydrogen (secondary N) is 1. The zero-order valence-electron chi connectivity index (χ0n) is 13.7. The van der Waals surface area contributed by atoms with E-state index in [0.29, 0.717) is 18.1 Å². The van der Waals surface area contributed by atoms with Crippen LogP contribution in [0.1, 0.15) is 36.2 Å². The van der Waals surface area contributed by atoms with Gasteiger partial charge in [-0.1, -0.05) is 36.7 Å². The summed E-state index contributed by atoms with van der Waals surface area (Å²) in [6, 6.07) is 7.42. The van der Waals surface area contributed by atoms with E-state index in [9.17, 15) is 9.59 Å². The van der Waals surface area contributed by atoms with Crippen LogP contribution in [0.2, 0.25) is 5.02 Å². The van der Waals surface area contributed by atoms with E-state index in [4.69, 9.17) is 16.3 Å². The molecule has 0 spiro atoms. The molecule has 7 heteroatoms. The molecule has 6 nitrogen and oxygen atoms in total. The van der Waals surface area contributed by atoms with Crippen molar-refractivity contribution in [1.29, 1.82) is 0 Å². The average Bonchev–Trinajstić information content (AvgIpc) is 3.03. The van der Waals surface area contributed by atoms with E-state index in [1.54, 1.807) is 16.9 Å². The SMILES string of the molecule is CCCNC(=O)[C@H](C)OC(=O)c1cnn(Cc2ccccc2Cl)c1. The molecule has 1 heterocycles. The molecule has 0 saturated carbocycles. The smallest absolute Gasteiger partial charge is 0.342 e. The first-order valence-corrected chi connectivity index (χ1v) is 8.13. The van der Waals surface area contributed by atoms with E-state index < -0.39 is 12.1 Å². The van der Waals surface area contributed by atoms with E-state index in [1.165, 1.54) is 13.1 Å². The highest BCUT2D eigenvalue weighted by Gasteiger charge is 2.19. The van der Waals surface area contributed by atoms with Gasteiger partial charge in [0.15, 0.2) is 6.10 Å². The molecule has 1 aromatic heterocycles. The highest BCUT2D eigenvalue weighted by atomic mass is 35.5. The molecule has 0 aliphatic rings. The molecular formula is C17H20ClN3O3. The maximum Gasteiger partial charge on any atom is 0.342 e. The van der Waals surface area contributed by atoms with Gasteiger partial charge in [-0.25, -0.2) is 4.79 Å². The molecule has 0 radical (unpaired) electrons. The second-order valence-corrected chi connectivity index (χ2v) is 5.76. The molecule has 1 amide bonds. The van der Waals surface area contributed by atoms with Crippen molar-refractivity contribution in [1.82, 2.24) is 15.1 Å². The molecule has 0 fully saturated rings. The average molecular weight is 350 g/mol. The fourth-order valence-electron chi connectivity index (χ4n) is 2.03. The van der Waals surface area contributed by atoms with Crippen LogP contribution in [0.15, 0.2) is 36.7 Å². The monoisotopic (exact) mass is 349 g/mol. The van der Waals surface area contributed by atoms with Crippen LogP contribution in [0.5, 0.6) is 0 Å². The molecule has 24 heavy (non-hydrogen) atoms. The Balaban J connectivity index is 1.96. The molecule has 1 N–H and O–H groups in total. The first-order valence-electron chi connectivity index (χ1n) is 7.75. The Morgan fingerprint density at radius 1 is 1.38 bits per heavy atom. The highest BCUT2D eigenvalue weighted by Crippen LogP contribution is 2.16. The fraction of sp³-hybridized carbons (Fsp3) is 0.353. The topological polar surface area (TPSA) is 73.2 Å². The van der Waals surface area contributed by atoms with Crippen molar-refractivity contribution in [3.63, 3.8) is 0 Å². The third kappa shape index (κ3) is 4.83. The minimum absolute atomic E-state index is 0.289. The lowest BCUT2D eigenvalue weighted by atomic mass is 10.2. The number of halogens is 1. The van der Waals surface area contributed by atoms with Crippen molar-refractivity contribution in [2.24, 2.45) is 0 Å². The fourth-order valence-corrected chi connectivity index (χ4v) is 2.23. The number of carbonyl (C=O) groups excluding carboxylic acids is 2. The number of hydrogen-bond donors (Lipinski definition) is 1. The van der Waals surface area contributed by atoms with Crippen LogP contribution in [0, 0.1) is 0 Å². The van der Waals surface area contributed by atoms with Gasteiger partial charge in [-0.3, -0.25) is 9.48 Å². The molecule has 0 aliphatic heterocycles. The summed E-state index contributed by atoms with van der Waals surface area (Å²) in [5, 5.41) is 7.45. The third-order valence-electron chi connectivity index (χ3n) is 3.36. The summed E-state index contributed by atoms with van der Waals surface area (Å²) in [7, 11) is 0. The van der Waals surface area contributed by atoms with Crippen LogP contribution >= 0.6 is 11.6 Å². The molecule has 1 atom stereocenters. The predicted octanol–water partition coefficient (Wildman–Crippen LogP) is 2.66. The van der Waals surface area contributed by atoms with Gasteiger partial charge in [0.05, 0.1) is 18.3 Å². The van der Waals surface area contributed by atoms with E-state index in [-0.39, 0.29) is 11.5 Å². The summed E-state index contributed by atoms with van der Waals surface area (Å²) in [6.45, 7) is 4.48. The number of benzene rings is 1. The van der Waals surface area contributed by atoms with E-state index in [0.717, 1.165) is 12.0 Å². The van der Waals surface area contributed by atoms with Gasteiger partial charge in [0, 0.05) is 17.8 Å². The Hall–Kier alpha value is -2.34. The number of hydrogen-bond acceptors (Lipinski definition) is 4. The van der Waals surface area contributed by atoms with Gasteiger partial charge in [-0.2, -0.15) is 5.10 Å². The standard InChI is InChI=1S/C17H20ClN3O3/c1-3-8-19-16(22)12(2)24-17(23)14-9-20-21(11-14)10-13-6-4-5-7-15(13)18/h4-7,9,11-12H,3,8,10H2,1-2H3,(H,19,22)/t12-/m0/s1. The highest BCUT2D eigenvalue weighted by molar-refractivity contribution is 6.31. The van der Waals surface area contributed by atoms with Gasteiger partial charge in [0.25, 0.3) is 5.91 Å². The maximum absolute atomic E-state index is 12.1. The Morgan fingerprint density at radius 2 is 2.12 bits per heavy atom. The lowest BCUT2D eigenvalue weighted by molar-refractivity contribution is -0.129. The summed E-state index contributed by atoms with van der Waals surface area (Å²) in [5.41, 5.74) is 1.19. The Kier molecular flexibility index (Phi) is 6.37. The minimum atomic E-state index is -0.851. The first-order chi connectivity index (χ1) is 11.5. The lowest BCUT2D eigenvalue weighted by Crippen LogP contribution is -2.36. The van der Waals surface area contributed by atoms with Crippen molar-refractivity contribution < 1.29 is 14.3 Å². The van der Waals surface area contributed by atoms with Gasteiger partial charge in [0.2, 0.25) is 0 Å². The molecular weight excluding hydrogens is 330 g/mol. The van der Waals surface area contributed by atoms with E-state index >= 15 is 0 Å². The summed E-state index contributed by atoms with van der Waals surface area (Å²) >= 11 is 6.11. The number of esters is 1. The summed E-state index contributed by atoms with van der Waals surface area (Å²) in [5.74, 6) is -0.895. The number of carbonyl (C=O) groups is 2. The number of nitrogens with zero attached hydrogens (tertiary/aromatic N) is 2. The number of rotatable bonds is 7. The van der Waals surface area contributed by atoms with Crippen LogP contribution in [0.3, 0.4) is 0 Å². The zero-order chi connectivity index (χ0) is 17.5. The van der Waals surface area contributed by atoms with Crippen LogP contribution in [-0.4, -0.2) is 34.3 Å². The Bertz CT molecular complexity index is 715. The van der Waals surface area contributed by atoms with Gasteiger partial charge in [0.1, 0.15) is 0 Å². The van der Waals surface area contributed by atoms with Gasteiger partial charge in [-0.05, 0) is 25.0 Å². The van der Waals surface area contributed by atoms with Crippen LogP contribution in [0.4, 0.5) is 0 Å². The zero-order valence-corrected chi connectivity index (χ0v) is 14.4. The molecule has 1 aromatic carbocycles. The minimum Gasteiger partial charge on any atom is -0.449 e. The first kappa shape index (κ1) is 18.0. The second-order valence-electron chi connectivity index (χ2n) is 5.36. The number of ether oxygens (including phenoxy) is 1. The Morgan fingerprint density at radius 3 is 2.83 bits per heavy atom. The second kappa shape index (κ2) is 8.49. The molecule has 128 valence electrons. The summed E-state index contributed by atoms with van der Waals surface area (Å²) < 4.78 is 6.75. The van der Waals surface area contributed by atoms with E-state index in [2.05, 4.69) is 10.4 Å². The van der Waals surface area contributed by atoms with Crippen LogP contribution in [-0.2, 0) is 16.1 Å². The molecule has 0 saturated heterocycles. The van der Waals surface area contributed by atoms with Crippen molar-refractivity contribution >= 4 is 23.5 Å². The summed E-state index contributed by atoms with van der Waals surface area (Å²) in [6.07, 6.45) is 2.95. The summed E-state index contributed by atoms with van der Waals surface area (Å²) in [4.78, 5) is 23.8. The van der Waals surface area contributed by atoms with Gasteiger partial charge >= 0.3 is 5.97 Å². The predicted molar refractivity (Wildman–Crippen MR) is 91.0 cm³/mol. The van der Waals surface area contributed by atoms with Gasteiger partial charge in [-0.15, -0.1) is 0 Å². The largest absolute Gasteiger partial charge is 0.449 e. The molecule has 0 unspecified atom stereocenters. The van der Waals surface area contributed by atoms with Gasteiger partial charge < -0.3 is 10.1 Å². The Labute approximate surface area is 145 Å². The van der Waals surface area contributed by atoms with Crippen molar-refractivity contribution in [2.45, 2.75) is 32.9 Å². The number of amides is 1. The normalized spacial score (nSPS) is 11.8.